The van der Waals surface area contributed by atoms with Crippen LogP contribution < -0.4 is 10.5 Å². The van der Waals surface area contributed by atoms with E-state index in [0.717, 1.165) is 31.8 Å². The number of nitrogens with zero attached hydrogens (tertiary/aromatic N) is 1. The van der Waals surface area contributed by atoms with E-state index < -0.39 is 0 Å². The fourth-order valence-corrected chi connectivity index (χ4v) is 1.48. The van der Waals surface area contributed by atoms with Crippen molar-refractivity contribution >= 4 is 24.8 Å². The van der Waals surface area contributed by atoms with Gasteiger partial charge in [-0.3, -0.25) is 0 Å². The van der Waals surface area contributed by atoms with Crippen LogP contribution in [0.1, 0.15) is 12.0 Å². The van der Waals surface area contributed by atoms with Gasteiger partial charge in [0.15, 0.2) is 0 Å². The minimum atomic E-state index is 0. The number of methoxy groups -OCH3 is 1. The number of halogens is 2. The Balaban J connectivity index is 0. The highest BCUT2D eigenvalue weighted by Crippen LogP contribution is 2.12. The molecule has 0 unspecified atom stereocenters. The van der Waals surface area contributed by atoms with Crippen LogP contribution >= 0.6 is 24.8 Å². The van der Waals surface area contributed by atoms with E-state index in [9.17, 15) is 0 Å². The molecule has 0 aliphatic rings. The summed E-state index contributed by atoms with van der Waals surface area (Å²) >= 11 is 0. The first kappa shape index (κ1) is 18.9. The standard InChI is InChI=1S/C12H20N2O.2ClH/c1-14(9-3-8-13)10-11-4-6-12(15-2)7-5-11;;/h4-7H,3,8-10,13H2,1-2H3;2*1H. The van der Waals surface area contributed by atoms with Gasteiger partial charge in [0, 0.05) is 6.54 Å². The number of rotatable bonds is 6. The molecule has 1 rings (SSSR count). The van der Waals surface area contributed by atoms with E-state index in [2.05, 4.69) is 24.1 Å². The fraction of sp³-hybridized carbons (Fsp3) is 0.500. The van der Waals surface area contributed by atoms with Crippen LogP contribution in [-0.4, -0.2) is 32.1 Å². The van der Waals surface area contributed by atoms with Gasteiger partial charge in [-0.2, -0.15) is 0 Å². The molecule has 0 aliphatic carbocycles. The smallest absolute Gasteiger partial charge is 0.118 e. The highest BCUT2D eigenvalue weighted by atomic mass is 35.5. The fourth-order valence-electron chi connectivity index (χ4n) is 1.48. The molecule has 5 heteroatoms. The maximum atomic E-state index is 5.46. The average molecular weight is 281 g/mol. The topological polar surface area (TPSA) is 38.5 Å². The van der Waals surface area contributed by atoms with E-state index >= 15 is 0 Å². The van der Waals surface area contributed by atoms with E-state index in [1.54, 1.807) is 7.11 Å². The summed E-state index contributed by atoms with van der Waals surface area (Å²) < 4.78 is 5.11. The Morgan fingerprint density at radius 3 is 2.24 bits per heavy atom. The minimum Gasteiger partial charge on any atom is -0.497 e. The highest BCUT2D eigenvalue weighted by molar-refractivity contribution is 5.85. The Labute approximate surface area is 116 Å². The van der Waals surface area contributed by atoms with E-state index in [-0.39, 0.29) is 24.8 Å². The lowest BCUT2D eigenvalue weighted by Gasteiger charge is -2.16. The van der Waals surface area contributed by atoms with Crippen molar-refractivity contribution in [3.8, 4) is 5.75 Å². The molecule has 0 radical (unpaired) electrons. The zero-order valence-corrected chi connectivity index (χ0v) is 12.0. The molecule has 0 fully saturated rings. The molecular formula is C12H22Cl2N2O. The van der Waals surface area contributed by atoms with Crippen molar-refractivity contribution in [2.45, 2.75) is 13.0 Å². The first-order chi connectivity index (χ1) is 7.26. The molecule has 1 aromatic carbocycles. The Bertz CT molecular complexity index is 280. The van der Waals surface area contributed by atoms with Crippen LogP contribution in [0.5, 0.6) is 5.75 Å². The van der Waals surface area contributed by atoms with Crippen LogP contribution in [0, 0.1) is 0 Å². The van der Waals surface area contributed by atoms with Gasteiger partial charge < -0.3 is 15.4 Å². The SMILES string of the molecule is COc1ccc(CN(C)CCCN)cc1.Cl.Cl. The monoisotopic (exact) mass is 280 g/mol. The number of benzene rings is 1. The predicted octanol–water partition coefficient (Wildman–Crippen LogP) is 2.32. The lowest BCUT2D eigenvalue weighted by molar-refractivity contribution is 0.324. The maximum Gasteiger partial charge on any atom is 0.118 e. The van der Waals surface area contributed by atoms with Crippen molar-refractivity contribution in [2.75, 3.05) is 27.2 Å². The van der Waals surface area contributed by atoms with Crippen LogP contribution in [0.3, 0.4) is 0 Å². The number of hydrogen-bond acceptors (Lipinski definition) is 3. The quantitative estimate of drug-likeness (QED) is 0.869. The van der Waals surface area contributed by atoms with Gasteiger partial charge in [-0.05, 0) is 44.3 Å². The van der Waals surface area contributed by atoms with Gasteiger partial charge in [0.2, 0.25) is 0 Å². The summed E-state index contributed by atoms with van der Waals surface area (Å²) in [6.07, 6.45) is 1.05. The van der Waals surface area contributed by atoms with Gasteiger partial charge in [0.1, 0.15) is 5.75 Å². The van der Waals surface area contributed by atoms with Crippen LogP contribution in [0.2, 0.25) is 0 Å². The Morgan fingerprint density at radius 1 is 1.18 bits per heavy atom. The summed E-state index contributed by atoms with van der Waals surface area (Å²) in [4.78, 5) is 2.27. The third-order valence-corrected chi connectivity index (χ3v) is 2.36. The normalized spacial score (nSPS) is 9.41. The van der Waals surface area contributed by atoms with Crippen molar-refractivity contribution in [1.29, 1.82) is 0 Å². The minimum absolute atomic E-state index is 0. The molecule has 1 aromatic rings. The lowest BCUT2D eigenvalue weighted by Crippen LogP contribution is -2.21. The Hall–Kier alpha value is -0.480. The van der Waals surface area contributed by atoms with Gasteiger partial charge >= 0.3 is 0 Å². The van der Waals surface area contributed by atoms with Crippen LogP contribution in [0.4, 0.5) is 0 Å². The summed E-state index contributed by atoms with van der Waals surface area (Å²) in [7, 11) is 3.79. The molecule has 0 spiro atoms. The Morgan fingerprint density at radius 2 is 1.76 bits per heavy atom. The molecule has 0 atom stereocenters. The molecule has 0 bridgehead atoms. The zero-order chi connectivity index (χ0) is 11.1. The first-order valence-corrected chi connectivity index (χ1v) is 5.28. The van der Waals surface area contributed by atoms with Crippen molar-refractivity contribution in [3.05, 3.63) is 29.8 Å². The van der Waals surface area contributed by atoms with Gasteiger partial charge in [0.05, 0.1) is 7.11 Å². The molecule has 100 valence electrons. The molecule has 0 heterocycles. The third kappa shape index (κ3) is 7.45. The van der Waals surface area contributed by atoms with E-state index in [0.29, 0.717) is 0 Å². The van der Waals surface area contributed by atoms with E-state index in [1.807, 2.05) is 12.1 Å². The maximum absolute atomic E-state index is 5.46. The molecular weight excluding hydrogens is 259 g/mol. The molecule has 2 N–H and O–H groups in total. The summed E-state index contributed by atoms with van der Waals surface area (Å²) in [5, 5.41) is 0. The van der Waals surface area contributed by atoms with Crippen LogP contribution in [-0.2, 0) is 6.54 Å². The summed E-state index contributed by atoms with van der Waals surface area (Å²) in [6, 6.07) is 8.17. The largest absolute Gasteiger partial charge is 0.497 e. The second kappa shape index (κ2) is 10.7. The second-order valence-electron chi connectivity index (χ2n) is 3.73. The van der Waals surface area contributed by atoms with Crippen molar-refractivity contribution in [2.24, 2.45) is 5.73 Å². The molecule has 0 aliphatic heterocycles. The van der Waals surface area contributed by atoms with Crippen molar-refractivity contribution in [1.82, 2.24) is 4.90 Å². The van der Waals surface area contributed by atoms with Gasteiger partial charge in [-0.25, -0.2) is 0 Å². The average Bonchev–Trinajstić information content (AvgIpc) is 2.27. The highest BCUT2D eigenvalue weighted by Gasteiger charge is 1.99. The van der Waals surface area contributed by atoms with Gasteiger partial charge in [-0.15, -0.1) is 24.8 Å². The molecule has 0 amide bonds. The van der Waals surface area contributed by atoms with E-state index in [1.165, 1.54) is 5.56 Å². The Kier molecular flexibility index (Phi) is 11.8. The van der Waals surface area contributed by atoms with Crippen molar-refractivity contribution in [3.63, 3.8) is 0 Å². The molecule has 0 aromatic heterocycles. The van der Waals surface area contributed by atoms with Crippen LogP contribution in [0.25, 0.3) is 0 Å². The van der Waals surface area contributed by atoms with Crippen molar-refractivity contribution < 1.29 is 4.74 Å². The summed E-state index contributed by atoms with van der Waals surface area (Å²) in [6.45, 7) is 2.76. The first-order valence-electron chi connectivity index (χ1n) is 5.28. The van der Waals surface area contributed by atoms with Crippen LogP contribution in [0.15, 0.2) is 24.3 Å². The summed E-state index contributed by atoms with van der Waals surface area (Å²) in [5.41, 5.74) is 6.77. The van der Waals surface area contributed by atoms with E-state index in [4.69, 9.17) is 10.5 Å². The molecule has 17 heavy (non-hydrogen) atoms. The second-order valence-corrected chi connectivity index (χ2v) is 3.73. The number of ether oxygens (including phenoxy) is 1. The summed E-state index contributed by atoms with van der Waals surface area (Å²) in [5.74, 6) is 0.906. The number of nitrogens with two attached hydrogens (primary N) is 1. The molecule has 3 nitrogen and oxygen atoms in total. The third-order valence-electron chi connectivity index (χ3n) is 2.36. The van der Waals surface area contributed by atoms with Gasteiger partial charge in [-0.1, -0.05) is 12.1 Å². The lowest BCUT2D eigenvalue weighted by atomic mass is 10.2. The predicted molar refractivity (Wildman–Crippen MR) is 77.5 cm³/mol. The molecule has 0 saturated heterocycles. The molecule has 0 saturated carbocycles. The zero-order valence-electron chi connectivity index (χ0n) is 10.4. The number of hydrogen-bond donors (Lipinski definition) is 1. The van der Waals surface area contributed by atoms with Gasteiger partial charge in [0.25, 0.3) is 0 Å².